The Morgan fingerprint density at radius 2 is 1.35 bits per heavy atom. The number of benzene rings is 3. The lowest BCUT2D eigenvalue weighted by molar-refractivity contribution is 0.0476. The molecule has 1 atom stereocenters. The average Bonchev–Trinajstić information content (AvgIpc) is 2.99. The summed E-state index contributed by atoms with van der Waals surface area (Å²) in [7, 11) is 1.70. The maximum atomic E-state index is 13.7. The fourth-order valence-corrected chi connectivity index (χ4v) is 6.06. The molecule has 0 amide bonds. The Morgan fingerprint density at radius 3 is 1.98 bits per heavy atom. The largest absolute Gasteiger partial charge is 0.493 e. The fraction of sp³-hybridized carbons (Fsp3) is 0.515. The SMILES string of the molecule is COc1cc2ccccc2cc1OCCCN1CCN(CC(c2ccc(F)cc2)N2CCN(C(C)C)CC2)CC1. The smallest absolute Gasteiger partial charge is 0.161 e. The molecule has 0 bridgehead atoms. The molecule has 216 valence electrons. The molecule has 5 rings (SSSR count). The Labute approximate surface area is 239 Å². The number of fused-ring (bicyclic) bond motifs is 1. The van der Waals surface area contributed by atoms with Crippen molar-refractivity contribution in [3.63, 3.8) is 0 Å². The van der Waals surface area contributed by atoms with Gasteiger partial charge in [0.1, 0.15) is 5.82 Å². The zero-order chi connectivity index (χ0) is 27.9. The van der Waals surface area contributed by atoms with Gasteiger partial charge in [-0.3, -0.25) is 14.7 Å². The first kappa shape index (κ1) is 28.8. The Balaban J connectivity index is 1.10. The summed E-state index contributed by atoms with van der Waals surface area (Å²) < 4.78 is 25.4. The third kappa shape index (κ3) is 7.32. The molecule has 3 aromatic carbocycles. The van der Waals surface area contributed by atoms with Crippen molar-refractivity contribution in [1.82, 2.24) is 19.6 Å². The van der Waals surface area contributed by atoms with Crippen LogP contribution in [-0.2, 0) is 0 Å². The van der Waals surface area contributed by atoms with Crippen LogP contribution in [0.25, 0.3) is 10.8 Å². The lowest BCUT2D eigenvalue weighted by atomic mass is 10.0. The molecule has 2 saturated heterocycles. The molecule has 0 saturated carbocycles. The first-order valence-corrected chi connectivity index (χ1v) is 14.9. The van der Waals surface area contributed by atoms with E-state index in [1.165, 1.54) is 5.56 Å². The summed E-state index contributed by atoms with van der Waals surface area (Å²) in [5, 5.41) is 2.32. The molecule has 2 heterocycles. The molecular formula is C33H45FN4O2. The van der Waals surface area contributed by atoms with E-state index >= 15 is 0 Å². The number of halogens is 1. The minimum Gasteiger partial charge on any atom is -0.493 e. The highest BCUT2D eigenvalue weighted by Crippen LogP contribution is 2.32. The summed E-state index contributed by atoms with van der Waals surface area (Å²) in [6.45, 7) is 15.8. The van der Waals surface area contributed by atoms with Crippen molar-refractivity contribution in [3.05, 3.63) is 72.0 Å². The summed E-state index contributed by atoms with van der Waals surface area (Å²) >= 11 is 0. The predicted molar refractivity (Wildman–Crippen MR) is 161 cm³/mol. The fourth-order valence-electron chi connectivity index (χ4n) is 6.06. The lowest BCUT2D eigenvalue weighted by Crippen LogP contribution is -2.53. The molecule has 0 aliphatic carbocycles. The summed E-state index contributed by atoms with van der Waals surface area (Å²) in [6, 6.07) is 20.5. The Bertz CT molecular complexity index is 1200. The zero-order valence-corrected chi connectivity index (χ0v) is 24.4. The Morgan fingerprint density at radius 1 is 0.750 bits per heavy atom. The van der Waals surface area contributed by atoms with Gasteiger partial charge < -0.3 is 14.4 Å². The molecule has 40 heavy (non-hydrogen) atoms. The van der Waals surface area contributed by atoms with Crippen LogP contribution in [0.15, 0.2) is 60.7 Å². The molecule has 0 aromatic heterocycles. The van der Waals surface area contributed by atoms with Crippen molar-refractivity contribution in [1.29, 1.82) is 0 Å². The summed E-state index contributed by atoms with van der Waals surface area (Å²) in [5.74, 6) is 1.43. The van der Waals surface area contributed by atoms with Crippen molar-refractivity contribution in [2.75, 3.05) is 79.2 Å². The van der Waals surface area contributed by atoms with E-state index in [0.717, 1.165) is 94.1 Å². The number of hydrogen-bond donors (Lipinski definition) is 0. The molecule has 2 aliphatic heterocycles. The highest BCUT2D eigenvalue weighted by atomic mass is 19.1. The van der Waals surface area contributed by atoms with E-state index in [1.54, 1.807) is 19.2 Å². The number of rotatable bonds is 11. The number of nitrogens with zero attached hydrogens (tertiary/aromatic N) is 4. The zero-order valence-electron chi connectivity index (χ0n) is 24.4. The van der Waals surface area contributed by atoms with E-state index < -0.39 is 0 Å². The van der Waals surface area contributed by atoms with Crippen LogP contribution in [0.2, 0.25) is 0 Å². The molecule has 0 radical (unpaired) electrons. The van der Waals surface area contributed by atoms with Gasteiger partial charge in [-0.05, 0) is 60.9 Å². The van der Waals surface area contributed by atoms with Crippen LogP contribution in [0.3, 0.4) is 0 Å². The summed E-state index contributed by atoms with van der Waals surface area (Å²) in [6.07, 6.45) is 0.980. The third-order valence-electron chi connectivity index (χ3n) is 8.58. The molecule has 7 heteroatoms. The number of methoxy groups -OCH3 is 1. The minimum absolute atomic E-state index is 0.163. The molecule has 0 spiro atoms. The van der Waals surface area contributed by atoms with E-state index in [1.807, 2.05) is 30.3 Å². The molecular weight excluding hydrogens is 503 g/mol. The quantitative estimate of drug-likeness (QED) is 0.309. The molecule has 6 nitrogen and oxygen atoms in total. The van der Waals surface area contributed by atoms with Gasteiger partial charge in [-0.1, -0.05) is 36.4 Å². The van der Waals surface area contributed by atoms with Crippen LogP contribution >= 0.6 is 0 Å². The van der Waals surface area contributed by atoms with E-state index in [9.17, 15) is 4.39 Å². The number of ether oxygens (including phenoxy) is 2. The van der Waals surface area contributed by atoms with Crippen LogP contribution in [0.5, 0.6) is 11.5 Å². The van der Waals surface area contributed by atoms with Crippen LogP contribution in [-0.4, -0.2) is 105 Å². The summed E-state index contributed by atoms with van der Waals surface area (Å²) in [5.41, 5.74) is 1.23. The molecule has 3 aromatic rings. The van der Waals surface area contributed by atoms with Crippen molar-refractivity contribution >= 4 is 10.8 Å². The van der Waals surface area contributed by atoms with Gasteiger partial charge in [0.2, 0.25) is 0 Å². The highest BCUT2D eigenvalue weighted by Gasteiger charge is 2.29. The van der Waals surface area contributed by atoms with Gasteiger partial charge in [0.05, 0.1) is 13.7 Å². The van der Waals surface area contributed by atoms with E-state index in [4.69, 9.17) is 9.47 Å². The van der Waals surface area contributed by atoms with Crippen molar-refractivity contribution in [3.8, 4) is 11.5 Å². The molecule has 1 unspecified atom stereocenters. The predicted octanol–water partition coefficient (Wildman–Crippen LogP) is 5.14. The second-order valence-corrected chi connectivity index (χ2v) is 11.4. The molecule has 0 N–H and O–H groups in total. The van der Waals surface area contributed by atoms with Crippen molar-refractivity contribution in [2.24, 2.45) is 0 Å². The van der Waals surface area contributed by atoms with Gasteiger partial charge in [0.15, 0.2) is 11.5 Å². The van der Waals surface area contributed by atoms with Gasteiger partial charge in [0.25, 0.3) is 0 Å². The first-order valence-electron chi connectivity index (χ1n) is 14.9. The summed E-state index contributed by atoms with van der Waals surface area (Å²) in [4.78, 5) is 10.3. The standard InChI is InChI=1S/C33H45FN4O2/c1-26(2)37-18-20-38(21-19-37)31(27-9-11-30(34)12-10-27)25-36-16-14-35(15-17-36)13-6-22-40-33-24-29-8-5-4-7-28(29)23-32(33)39-3/h4-5,7-12,23-24,26,31H,6,13-22,25H2,1-3H3. The Kier molecular flexibility index (Phi) is 9.92. The van der Waals surface area contributed by atoms with Crippen LogP contribution < -0.4 is 9.47 Å². The van der Waals surface area contributed by atoms with E-state index in [2.05, 4.69) is 51.6 Å². The van der Waals surface area contributed by atoms with E-state index in [0.29, 0.717) is 18.7 Å². The van der Waals surface area contributed by atoms with Gasteiger partial charge in [-0.2, -0.15) is 0 Å². The maximum Gasteiger partial charge on any atom is 0.161 e. The third-order valence-corrected chi connectivity index (χ3v) is 8.58. The van der Waals surface area contributed by atoms with Crippen LogP contribution in [0, 0.1) is 5.82 Å². The van der Waals surface area contributed by atoms with Crippen LogP contribution in [0.1, 0.15) is 31.9 Å². The van der Waals surface area contributed by atoms with Gasteiger partial charge in [0, 0.05) is 77.5 Å². The van der Waals surface area contributed by atoms with Crippen molar-refractivity contribution in [2.45, 2.75) is 32.4 Å². The monoisotopic (exact) mass is 548 g/mol. The Hall–Kier alpha value is -2.71. The number of hydrogen-bond acceptors (Lipinski definition) is 6. The van der Waals surface area contributed by atoms with Gasteiger partial charge >= 0.3 is 0 Å². The lowest BCUT2D eigenvalue weighted by Gasteiger charge is -2.43. The second kappa shape index (κ2) is 13.8. The minimum atomic E-state index is -0.163. The topological polar surface area (TPSA) is 31.4 Å². The van der Waals surface area contributed by atoms with Gasteiger partial charge in [-0.15, -0.1) is 0 Å². The van der Waals surface area contributed by atoms with Crippen molar-refractivity contribution < 1.29 is 13.9 Å². The van der Waals surface area contributed by atoms with E-state index in [-0.39, 0.29) is 5.82 Å². The first-order chi connectivity index (χ1) is 19.5. The molecule has 2 aliphatic rings. The van der Waals surface area contributed by atoms with Gasteiger partial charge in [-0.25, -0.2) is 4.39 Å². The number of piperazine rings is 2. The normalized spacial score (nSPS) is 18.8. The maximum absolute atomic E-state index is 13.7. The molecule has 2 fully saturated rings. The second-order valence-electron chi connectivity index (χ2n) is 11.4. The van der Waals surface area contributed by atoms with Crippen LogP contribution in [0.4, 0.5) is 4.39 Å². The highest BCUT2D eigenvalue weighted by molar-refractivity contribution is 5.86. The average molecular weight is 549 g/mol.